The molecule has 3 heterocycles. The Morgan fingerprint density at radius 3 is 3.29 bits per heavy atom. The highest BCUT2D eigenvalue weighted by Crippen LogP contribution is 2.44. The minimum absolute atomic E-state index is 0.311. The first-order valence-corrected chi connectivity index (χ1v) is 5.60. The third kappa shape index (κ3) is 1.04. The van der Waals surface area contributed by atoms with Gasteiger partial charge in [-0.1, -0.05) is 6.92 Å². The van der Waals surface area contributed by atoms with Crippen molar-refractivity contribution in [1.82, 2.24) is 10.3 Å². The monoisotopic (exact) mass is 254 g/mol. The molecule has 1 saturated heterocycles. The van der Waals surface area contributed by atoms with Crippen LogP contribution in [0.2, 0.25) is 0 Å². The number of hydrogen-bond donors (Lipinski definition) is 1. The largest absolute Gasteiger partial charge is 0.487 e. The number of halogens is 1. The molecule has 1 aromatic heterocycles. The number of aromatic nitrogens is 1. The van der Waals surface area contributed by atoms with E-state index in [0.29, 0.717) is 18.1 Å². The lowest BCUT2D eigenvalue weighted by molar-refractivity contribution is 0.151. The molecule has 1 N–H and O–H groups in total. The van der Waals surface area contributed by atoms with Crippen molar-refractivity contribution >= 4 is 15.9 Å². The number of hydrogen-bond acceptors (Lipinski definition) is 3. The Hall–Kier alpha value is -0.610. The van der Waals surface area contributed by atoms with Crippen LogP contribution >= 0.6 is 15.9 Å². The number of pyridine rings is 1. The molecule has 0 aliphatic carbocycles. The molecule has 1 fully saturated rings. The first kappa shape index (κ1) is 8.68. The molecule has 14 heavy (non-hydrogen) atoms. The van der Waals surface area contributed by atoms with E-state index in [-0.39, 0.29) is 0 Å². The maximum atomic E-state index is 5.92. The zero-order chi connectivity index (χ0) is 9.71. The standard InChI is InChI=1S/C10H11BrN2O/c1-5-8-4-13-9(5)6-2-12-3-7(11)10(6)14-8/h2-3,5,8-9,13H,4H2,1H3/t5-,8+,9-/m1/s1. The fourth-order valence-electron chi connectivity index (χ4n) is 2.31. The Bertz CT molecular complexity index is 382. The van der Waals surface area contributed by atoms with Crippen molar-refractivity contribution in [3.8, 4) is 5.75 Å². The van der Waals surface area contributed by atoms with Crippen molar-refractivity contribution in [3.05, 3.63) is 22.4 Å². The molecule has 0 spiro atoms. The zero-order valence-electron chi connectivity index (χ0n) is 7.83. The van der Waals surface area contributed by atoms with Crippen LogP contribution in [0, 0.1) is 5.92 Å². The molecule has 0 amide bonds. The van der Waals surface area contributed by atoms with Gasteiger partial charge in [-0.15, -0.1) is 0 Å². The second-order valence-electron chi connectivity index (χ2n) is 3.94. The molecule has 2 aliphatic heterocycles. The molecule has 1 aromatic rings. The third-order valence-electron chi connectivity index (χ3n) is 3.14. The molecule has 0 radical (unpaired) electrons. The van der Waals surface area contributed by atoms with Crippen LogP contribution < -0.4 is 10.1 Å². The Morgan fingerprint density at radius 1 is 1.57 bits per heavy atom. The average molecular weight is 255 g/mol. The normalized spacial score (nSPS) is 33.7. The summed E-state index contributed by atoms with van der Waals surface area (Å²) in [6.45, 7) is 3.16. The molecular formula is C10H11BrN2O. The number of rotatable bonds is 0. The van der Waals surface area contributed by atoms with Gasteiger partial charge in [0.15, 0.2) is 0 Å². The van der Waals surface area contributed by atoms with E-state index in [2.05, 4.69) is 33.2 Å². The van der Waals surface area contributed by atoms with Gasteiger partial charge in [-0.25, -0.2) is 0 Å². The fraction of sp³-hybridized carbons (Fsp3) is 0.500. The SMILES string of the molecule is C[C@@H]1[C@@H]2CN[C@H]1c1cncc(Br)c1O2. The van der Waals surface area contributed by atoms with Crippen molar-refractivity contribution in [2.75, 3.05) is 6.54 Å². The van der Waals surface area contributed by atoms with Gasteiger partial charge in [0.2, 0.25) is 0 Å². The van der Waals surface area contributed by atoms with Crippen molar-refractivity contribution in [2.45, 2.75) is 19.1 Å². The Kier molecular flexibility index (Phi) is 1.82. The van der Waals surface area contributed by atoms with Gasteiger partial charge in [0.1, 0.15) is 11.9 Å². The fourth-order valence-corrected chi connectivity index (χ4v) is 2.75. The van der Waals surface area contributed by atoms with Crippen LogP contribution in [0.15, 0.2) is 16.9 Å². The van der Waals surface area contributed by atoms with Crippen LogP contribution in [-0.2, 0) is 0 Å². The summed E-state index contributed by atoms with van der Waals surface area (Å²) >= 11 is 3.47. The maximum absolute atomic E-state index is 5.92. The predicted molar refractivity (Wildman–Crippen MR) is 56.3 cm³/mol. The quantitative estimate of drug-likeness (QED) is 0.768. The smallest absolute Gasteiger partial charge is 0.141 e. The molecular weight excluding hydrogens is 244 g/mol. The average Bonchev–Trinajstić information content (AvgIpc) is 2.44. The molecule has 3 atom stereocenters. The summed E-state index contributed by atoms with van der Waals surface area (Å²) in [6.07, 6.45) is 4.00. The van der Waals surface area contributed by atoms with Crippen molar-refractivity contribution in [2.24, 2.45) is 5.92 Å². The topological polar surface area (TPSA) is 34.2 Å². The lowest BCUT2D eigenvalue weighted by Gasteiger charge is -2.29. The lowest BCUT2D eigenvalue weighted by Crippen LogP contribution is -2.28. The summed E-state index contributed by atoms with van der Waals surface area (Å²) in [5.74, 6) is 1.51. The van der Waals surface area contributed by atoms with Crippen LogP contribution in [0.4, 0.5) is 0 Å². The van der Waals surface area contributed by atoms with Crippen molar-refractivity contribution in [1.29, 1.82) is 0 Å². The zero-order valence-corrected chi connectivity index (χ0v) is 9.41. The molecule has 0 aromatic carbocycles. The first-order valence-electron chi connectivity index (χ1n) is 4.81. The summed E-state index contributed by atoms with van der Waals surface area (Å²) in [5, 5.41) is 3.47. The van der Waals surface area contributed by atoms with E-state index in [9.17, 15) is 0 Å². The first-order chi connectivity index (χ1) is 6.77. The summed E-state index contributed by atoms with van der Waals surface area (Å²) in [6, 6.07) is 0.411. The summed E-state index contributed by atoms with van der Waals surface area (Å²) in [5.41, 5.74) is 1.18. The highest BCUT2D eigenvalue weighted by atomic mass is 79.9. The molecule has 2 bridgehead atoms. The van der Waals surface area contributed by atoms with E-state index in [4.69, 9.17) is 4.74 Å². The Labute approximate surface area is 91.0 Å². The van der Waals surface area contributed by atoms with Gasteiger partial charge in [-0.3, -0.25) is 4.98 Å². The number of nitrogens with zero attached hydrogens (tertiary/aromatic N) is 1. The van der Waals surface area contributed by atoms with Crippen molar-refractivity contribution < 1.29 is 4.74 Å². The van der Waals surface area contributed by atoms with Crippen LogP contribution in [0.3, 0.4) is 0 Å². The van der Waals surface area contributed by atoms with Gasteiger partial charge >= 0.3 is 0 Å². The molecule has 2 aliphatic rings. The second-order valence-corrected chi connectivity index (χ2v) is 4.80. The minimum atomic E-state index is 0.311. The summed E-state index contributed by atoms with van der Waals surface area (Å²) in [7, 11) is 0. The summed E-state index contributed by atoms with van der Waals surface area (Å²) in [4.78, 5) is 4.18. The molecule has 0 saturated carbocycles. The van der Waals surface area contributed by atoms with E-state index in [0.717, 1.165) is 16.8 Å². The van der Waals surface area contributed by atoms with Crippen LogP contribution in [0.1, 0.15) is 18.5 Å². The van der Waals surface area contributed by atoms with E-state index in [1.807, 2.05) is 6.20 Å². The van der Waals surface area contributed by atoms with Crippen molar-refractivity contribution in [3.63, 3.8) is 0 Å². The van der Waals surface area contributed by atoms with Crippen LogP contribution in [-0.4, -0.2) is 17.6 Å². The third-order valence-corrected chi connectivity index (χ3v) is 3.70. The minimum Gasteiger partial charge on any atom is -0.487 e. The van der Waals surface area contributed by atoms with Gasteiger partial charge in [-0.2, -0.15) is 0 Å². The van der Waals surface area contributed by atoms with Gasteiger partial charge in [0, 0.05) is 36.5 Å². The number of ether oxygens (including phenoxy) is 1. The second kappa shape index (κ2) is 2.94. The van der Waals surface area contributed by atoms with Crippen LogP contribution in [0.25, 0.3) is 0 Å². The van der Waals surface area contributed by atoms with E-state index in [1.165, 1.54) is 5.56 Å². The molecule has 0 unspecified atom stereocenters. The van der Waals surface area contributed by atoms with E-state index < -0.39 is 0 Å². The molecule has 74 valence electrons. The molecule has 3 rings (SSSR count). The highest BCUT2D eigenvalue weighted by molar-refractivity contribution is 9.10. The van der Waals surface area contributed by atoms with Crippen LogP contribution in [0.5, 0.6) is 5.75 Å². The Balaban J connectivity index is 2.16. The molecule has 3 nitrogen and oxygen atoms in total. The van der Waals surface area contributed by atoms with Gasteiger partial charge in [0.05, 0.1) is 4.47 Å². The lowest BCUT2D eigenvalue weighted by atomic mass is 9.92. The predicted octanol–water partition coefficient (Wildman–Crippen LogP) is 1.89. The van der Waals surface area contributed by atoms with E-state index >= 15 is 0 Å². The Morgan fingerprint density at radius 2 is 2.43 bits per heavy atom. The van der Waals surface area contributed by atoms with E-state index in [1.54, 1.807) is 6.20 Å². The van der Waals surface area contributed by atoms with Gasteiger partial charge < -0.3 is 10.1 Å². The summed E-state index contributed by atoms with van der Waals surface area (Å²) < 4.78 is 6.88. The van der Waals surface area contributed by atoms with Gasteiger partial charge in [0.25, 0.3) is 0 Å². The number of fused-ring (bicyclic) bond motifs is 4. The highest BCUT2D eigenvalue weighted by Gasteiger charge is 2.41. The number of nitrogens with one attached hydrogen (secondary N) is 1. The molecule has 4 heteroatoms. The maximum Gasteiger partial charge on any atom is 0.141 e. The van der Waals surface area contributed by atoms with Gasteiger partial charge in [-0.05, 0) is 15.9 Å².